The SMILES string of the molecule is C1=c2ccccc2=c2c1c1c(c3ccoccccc23)=Cc2ccccc2-1. The summed E-state index contributed by atoms with van der Waals surface area (Å²) in [6.45, 7) is 0. The first kappa shape index (κ1) is 14.6. The average Bonchev–Trinajstić information content (AvgIpc) is 3.28. The van der Waals surface area contributed by atoms with E-state index in [1.54, 1.807) is 12.5 Å². The summed E-state index contributed by atoms with van der Waals surface area (Å²) in [5.41, 5.74) is 5.25. The summed E-state index contributed by atoms with van der Waals surface area (Å²) in [6, 6.07) is 25.6. The highest BCUT2D eigenvalue weighted by Crippen LogP contribution is 2.34. The lowest BCUT2D eigenvalue weighted by atomic mass is 9.95. The number of rotatable bonds is 0. The molecule has 126 valence electrons. The van der Waals surface area contributed by atoms with E-state index in [1.165, 1.54) is 53.9 Å². The summed E-state index contributed by atoms with van der Waals surface area (Å²) in [4.78, 5) is 0. The normalized spacial score (nSPS) is 12.3. The molecule has 2 aliphatic rings. The van der Waals surface area contributed by atoms with Crippen molar-refractivity contribution in [3.05, 3.63) is 117 Å². The van der Waals surface area contributed by atoms with Crippen molar-refractivity contribution < 1.29 is 4.42 Å². The minimum Gasteiger partial charge on any atom is -0.473 e. The molecule has 1 aromatic heterocycles. The van der Waals surface area contributed by atoms with Gasteiger partial charge in [-0.05, 0) is 78.2 Å². The Balaban J connectivity index is 2.01. The first-order chi connectivity index (χ1) is 13.4. The van der Waals surface area contributed by atoms with E-state index in [0.717, 1.165) is 0 Å². The van der Waals surface area contributed by atoms with Gasteiger partial charge in [0.05, 0.1) is 12.5 Å². The molecule has 0 unspecified atom stereocenters. The molecule has 0 radical (unpaired) electrons. The molecule has 27 heavy (non-hydrogen) atoms. The van der Waals surface area contributed by atoms with E-state index in [-0.39, 0.29) is 0 Å². The van der Waals surface area contributed by atoms with Crippen molar-refractivity contribution in [2.45, 2.75) is 0 Å². The molecule has 0 spiro atoms. The molecule has 1 heterocycles. The third-order valence-corrected chi connectivity index (χ3v) is 5.56. The van der Waals surface area contributed by atoms with Crippen molar-refractivity contribution in [2.24, 2.45) is 0 Å². The lowest BCUT2D eigenvalue weighted by Crippen LogP contribution is -2.05. The third kappa shape index (κ3) is 2.00. The molecule has 0 fully saturated rings. The van der Waals surface area contributed by atoms with Crippen LogP contribution in [0.2, 0.25) is 0 Å². The van der Waals surface area contributed by atoms with E-state index in [1.807, 2.05) is 6.07 Å². The van der Waals surface area contributed by atoms with Crippen molar-refractivity contribution in [3.63, 3.8) is 0 Å². The van der Waals surface area contributed by atoms with Crippen LogP contribution < -0.4 is 10.4 Å². The first-order valence-electron chi connectivity index (χ1n) is 9.19. The van der Waals surface area contributed by atoms with Crippen LogP contribution in [0.1, 0.15) is 11.1 Å². The Labute approximate surface area is 156 Å². The zero-order valence-corrected chi connectivity index (χ0v) is 14.6. The Morgan fingerprint density at radius 1 is 0.630 bits per heavy atom. The van der Waals surface area contributed by atoms with E-state index in [4.69, 9.17) is 4.42 Å². The number of fused-ring (bicyclic) bond motifs is 9. The molecule has 3 aromatic carbocycles. The fraction of sp³-hybridized carbons (Fsp3) is 0. The smallest absolute Gasteiger partial charge is 0.0907 e. The standard InChI is InChI=1S/C26H16O/c1-4-10-20-17(7-1)15-23-21-12-14-27-13-6-5-11-22(21)25-19-9-3-2-8-18(19)16-24(25)26(20)23/h1-16H. The molecular weight excluding hydrogens is 328 g/mol. The van der Waals surface area contributed by atoms with Crippen LogP contribution >= 0.6 is 0 Å². The molecule has 6 rings (SSSR count). The summed E-state index contributed by atoms with van der Waals surface area (Å²) in [5.74, 6) is 0. The van der Waals surface area contributed by atoms with Crippen LogP contribution in [0.15, 0.2) is 89.7 Å². The van der Waals surface area contributed by atoms with Gasteiger partial charge in [-0.15, -0.1) is 0 Å². The summed E-state index contributed by atoms with van der Waals surface area (Å²) in [7, 11) is 0. The Morgan fingerprint density at radius 2 is 1.48 bits per heavy atom. The Kier molecular flexibility index (Phi) is 2.95. The number of hydrogen-bond donors (Lipinski definition) is 0. The highest BCUT2D eigenvalue weighted by atomic mass is 16.3. The third-order valence-electron chi connectivity index (χ3n) is 5.56. The number of benzene rings is 3. The van der Waals surface area contributed by atoms with Gasteiger partial charge >= 0.3 is 0 Å². The van der Waals surface area contributed by atoms with Crippen LogP contribution in [-0.4, -0.2) is 0 Å². The van der Waals surface area contributed by atoms with Gasteiger partial charge in [0, 0.05) is 0 Å². The van der Waals surface area contributed by atoms with Crippen molar-refractivity contribution >= 4 is 22.9 Å². The molecule has 1 heteroatoms. The molecule has 0 saturated carbocycles. The Morgan fingerprint density at radius 3 is 2.48 bits per heavy atom. The van der Waals surface area contributed by atoms with Crippen molar-refractivity contribution in [1.82, 2.24) is 0 Å². The van der Waals surface area contributed by atoms with Crippen LogP contribution in [0.3, 0.4) is 0 Å². The highest BCUT2D eigenvalue weighted by Gasteiger charge is 2.20. The quantitative estimate of drug-likeness (QED) is 0.386. The van der Waals surface area contributed by atoms with Crippen molar-refractivity contribution in [3.8, 4) is 11.1 Å². The lowest BCUT2D eigenvalue weighted by molar-refractivity contribution is 0.555. The van der Waals surface area contributed by atoms with Gasteiger partial charge < -0.3 is 4.42 Å². The second-order valence-corrected chi connectivity index (χ2v) is 6.99. The van der Waals surface area contributed by atoms with Gasteiger partial charge in [-0.2, -0.15) is 0 Å². The molecule has 0 atom stereocenters. The van der Waals surface area contributed by atoms with E-state index in [0.29, 0.717) is 0 Å². The summed E-state index contributed by atoms with van der Waals surface area (Å²) in [6.07, 6.45) is 8.13. The van der Waals surface area contributed by atoms with Gasteiger partial charge in [-0.1, -0.05) is 60.7 Å². The van der Waals surface area contributed by atoms with Crippen LogP contribution in [-0.2, 0) is 0 Å². The van der Waals surface area contributed by atoms with E-state index in [2.05, 4.69) is 78.9 Å². The van der Waals surface area contributed by atoms with Gasteiger partial charge in [0.15, 0.2) is 0 Å². The maximum Gasteiger partial charge on any atom is 0.0907 e. The summed E-state index contributed by atoms with van der Waals surface area (Å²) < 4.78 is 5.50. The maximum atomic E-state index is 5.50. The van der Waals surface area contributed by atoms with Gasteiger partial charge in [0.2, 0.25) is 0 Å². The molecule has 0 amide bonds. The fourth-order valence-electron chi connectivity index (χ4n) is 4.46. The first-order valence-corrected chi connectivity index (χ1v) is 9.19. The molecule has 4 aromatic rings. The highest BCUT2D eigenvalue weighted by molar-refractivity contribution is 5.99. The average molecular weight is 344 g/mol. The summed E-state index contributed by atoms with van der Waals surface area (Å²) in [5, 5.41) is 7.65. The predicted octanol–water partition coefficient (Wildman–Crippen LogP) is 4.80. The minimum atomic E-state index is 1.21. The molecule has 0 saturated heterocycles. The molecule has 0 bridgehead atoms. The number of hydrogen-bond acceptors (Lipinski definition) is 1. The van der Waals surface area contributed by atoms with Crippen LogP contribution in [0, 0.1) is 10.4 Å². The lowest BCUT2D eigenvalue weighted by Gasteiger charge is -2.08. The van der Waals surface area contributed by atoms with Crippen LogP contribution in [0.4, 0.5) is 0 Å². The summed E-state index contributed by atoms with van der Waals surface area (Å²) >= 11 is 0. The van der Waals surface area contributed by atoms with Crippen LogP contribution in [0.25, 0.3) is 34.1 Å². The zero-order chi connectivity index (χ0) is 17.8. The Bertz CT molecular complexity index is 1520. The predicted molar refractivity (Wildman–Crippen MR) is 110 cm³/mol. The zero-order valence-electron chi connectivity index (χ0n) is 14.6. The van der Waals surface area contributed by atoms with Gasteiger partial charge in [0.25, 0.3) is 0 Å². The maximum absolute atomic E-state index is 5.50. The van der Waals surface area contributed by atoms with Gasteiger partial charge in [-0.25, -0.2) is 0 Å². The van der Waals surface area contributed by atoms with Gasteiger partial charge in [-0.3, -0.25) is 0 Å². The van der Waals surface area contributed by atoms with Crippen LogP contribution in [0.5, 0.6) is 0 Å². The monoisotopic (exact) mass is 344 g/mol. The Hall–Kier alpha value is -3.58. The second-order valence-electron chi connectivity index (χ2n) is 6.99. The largest absolute Gasteiger partial charge is 0.473 e. The van der Waals surface area contributed by atoms with Crippen molar-refractivity contribution in [1.29, 1.82) is 0 Å². The molecule has 0 N–H and O–H groups in total. The van der Waals surface area contributed by atoms with E-state index < -0.39 is 0 Å². The van der Waals surface area contributed by atoms with E-state index >= 15 is 0 Å². The molecule has 1 nitrogen and oxygen atoms in total. The topological polar surface area (TPSA) is 13.1 Å². The fourth-order valence-corrected chi connectivity index (χ4v) is 4.46. The molecular formula is C26H16O. The van der Waals surface area contributed by atoms with Gasteiger partial charge in [0.1, 0.15) is 0 Å². The molecule has 2 aliphatic carbocycles. The molecule has 0 aliphatic heterocycles. The van der Waals surface area contributed by atoms with E-state index in [9.17, 15) is 0 Å². The van der Waals surface area contributed by atoms with Crippen molar-refractivity contribution in [2.75, 3.05) is 0 Å². The second kappa shape index (κ2) is 5.46. The minimum absolute atomic E-state index is 1.21.